The average Bonchev–Trinajstić information content (AvgIpc) is 3.39. The van der Waals surface area contributed by atoms with Crippen molar-refractivity contribution in [2.24, 2.45) is 0 Å². The van der Waals surface area contributed by atoms with Gasteiger partial charge < -0.3 is 18.9 Å². The fraction of sp³-hybridized carbons (Fsp3) is 0.241. The molecule has 0 unspecified atom stereocenters. The van der Waals surface area contributed by atoms with E-state index in [4.69, 9.17) is 18.9 Å². The molecule has 4 rings (SSSR count). The number of hydrogen-bond acceptors (Lipinski definition) is 8. The predicted molar refractivity (Wildman–Crippen MR) is 146 cm³/mol. The van der Waals surface area contributed by atoms with Gasteiger partial charge in [-0.25, -0.2) is 13.2 Å². The van der Waals surface area contributed by atoms with Gasteiger partial charge in [-0.3, -0.25) is 9.10 Å². The topological polar surface area (TPSA) is 108 Å². The number of carbonyl (C=O) groups excluding carboxylic acids is 2. The van der Waals surface area contributed by atoms with E-state index >= 15 is 0 Å². The molecule has 1 heterocycles. The lowest BCUT2D eigenvalue weighted by Crippen LogP contribution is -2.29. The number of rotatable bonds is 10. The lowest BCUT2D eigenvalue weighted by Gasteiger charge is -2.22. The Labute approximate surface area is 227 Å². The summed E-state index contributed by atoms with van der Waals surface area (Å²) >= 11 is 0. The summed E-state index contributed by atoms with van der Waals surface area (Å²) in [5, 5.41) is 0. The van der Waals surface area contributed by atoms with Crippen LogP contribution in [0, 0.1) is 0 Å². The molecule has 0 aliphatic carbocycles. The van der Waals surface area contributed by atoms with E-state index in [0.29, 0.717) is 41.1 Å². The van der Waals surface area contributed by atoms with E-state index in [0.717, 1.165) is 5.56 Å². The standard InChI is InChI=1S/C29H29NO8S/c1-19(31)22-10-11-25(35-2)23(17-22)18-38-28(32)12-9-20-15-26(36-3)29(37-4)27(16-20)39(33,34)30-14-13-21-7-5-6-8-24(21)30/h5-12,15-17H,13-14,18H2,1-4H3. The van der Waals surface area contributed by atoms with Gasteiger partial charge in [-0.2, -0.15) is 0 Å². The minimum absolute atomic E-state index is 0.0686. The summed E-state index contributed by atoms with van der Waals surface area (Å²) in [6.45, 7) is 1.63. The number of Topliss-reactive ketones (excluding diaryl/α,β-unsaturated/α-hetero) is 1. The molecule has 0 radical (unpaired) electrons. The maximum Gasteiger partial charge on any atom is 0.331 e. The molecule has 204 valence electrons. The smallest absolute Gasteiger partial charge is 0.331 e. The van der Waals surface area contributed by atoms with Crippen molar-refractivity contribution >= 4 is 33.5 Å². The van der Waals surface area contributed by atoms with Crippen LogP contribution in [-0.4, -0.2) is 48.0 Å². The average molecular weight is 552 g/mol. The molecule has 0 atom stereocenters. The first-order valence-corrected chi connectivity index (χ1v) is 13.5. The van der Waals surface area contributed by atoms with Gasteiger partial charge in [-0.15, -0.1) is 0 Å². The molecule has 1 aliphatic heterocycles. The first-order chi connectivity index (χ1) is 18.7. The lowest BCUT2D eigenvalue weighted by molar-refractivity contribution is -0.138. The van der Waals surface area contributed by atoms with Gasteiger partial charge in [0, 0.05) is 23.7 Å². The third-order valence-electron chi connectivity index (χ3n) is 6.35. The van der Waals surface area contributed by atoms with Crippen molar-refractivity contribution in [1.29, 1.82) is 0 Å². The molecule has 3 aromatic carbocycles. The van der Waals surface area contributed by atoms with Gasteiger partial charge in [-0.05, 0) is 66.9 Å². The molecule has 0 N–H and O–H groups in total. The first kappa shape index (κ1) is 27.7. The Bertz CT molecular complexity index is 1540. The largest absolute Gasteiger partial charge is 0.496 e. The Morgan fingerprint density at radius 3 is 2.38 bits per heavy atom. The van der Waals surface area contributed by atoms with Crippen molar-refractivity contribution < 1.29 is 37.0 Å². The number of fused-ring (bicyclic) bond motifs is 1. The van der Waals surface area contributed by atoms with Crippen LogP contribution in [0.25, 0.3) is 6.08 Å². The summed E-state index contributed by atoms with van der Waals surface area (Å²) in [5.41, 5.74) is 2.96. The molecule has 0 saturated carbocycles. The molecule has 9 nitrogen and oxygen atoms in total. The molecule has 3 aromatic rings. The van der Waals surface area contributed by atoms with Crippen LogP contribution in [0.1, 0.15) is 34.0 Å². The highest BCUT2D eigenvalue weighted by atomic mass is 32.2. The summed E-state index contributed by atoms with van der Waals surface area (Å²) < 4.78 is 50.4. The maximum absolute atomic E-state index is 13.8. The van der Waals surface area contributed by atoms with Crippen LogP contribution in [0.15, 0.2) is 65.6 Å². The number of methoxy groups -OCH3 is 3. The first-order valence-electron chi connectivity index (χ1n) is 12.1. The molecule has 0 bridgehead atoms. The fourth-order valence-corrected chi connectivity index (χ4v) is 6.09. The third kappa shape index (κ3) is 5.75. The molecule has 10 heteroatoms. The second-order valence-corrected chi connectivity index (χ2v) is 10.6. The minimum Gasteiger partial charge on any atom is -0.496 e. The van der Waals surface area contributed by atoms with Gasteiger partial charge >= 0.3 is 5.97 Å². The normalized spacial score (nSPS) is 12.8. The Balaban J connectivity index is 1.60. The molecular formula is C29H29NO8S. The van der Waals surface area contributed by atoms with Crippen LogP contribution in [0.3, 0.4) is 0 Å². The van der Waals surface area contributed by atoms with Crippen molar-refractivity contribution in [3.63, 3.8) is 0 Å². The van der Waals surface area contributed by atoms with Crippen molar-refractivity contribution in [2.45, 2.75) is 24.8 Å². The Morgan fingerprint density at radius 1 is 0.949 bits per heavy atom. The summed E-state index contributed by atoms with van der Waals surface area (Å²) in [5.74, 6) is -0.0429. The molecule has 0 amide bonds. The van der Waals surface area contributed by atoms with Gasteiger partial charge in [-0.1, -0.05) is 18.2 Å². The Hall–Kier alpha value is -4.31. The van der Waals surface area contributed by atoms with Gasteiger partial charge in [0.2, 0.25) is 0 Å². The number of hydrogen-bond donors (Lipinski definition) is 0. The van der Waals surface area contributed by atoms with Crippen LogP contribution in [0.5, 0.6) is 17.2 Å². The zero-order valence-corrected chi connectivity index (χ0v) is 22.9. The third-order valence-corrected chi connectivity index (χ3v) is 8.17. The van der Waals surface area contributed by atoms with Crippen molar-refractivity contribution in [3.8, 4) is 17.2 Å². The number of nitrogens with zero attached hydrogens (tertiary/aromatic N) is 1. The fourth-order valence-electron chi connectivity index (χ4n) is 4.39. The molecule has 0 aromatic heterocycles. The van der Waals surface area contributed by atoms with Crippen molar-refractivity contribution in [1.82, 2.24) is 0 Å². The van der Waals surface area contributed by atoms with Gasteiger partial charge in [0.25, 0.3) is 10.0 Å². The number of sulfonamides is 1. The molecule has 0 saturated heterocycles. The highest BCUT2D eigenvalue weighted by Crippen LogP contribution is 2.40. The zero-order chi connectivity index (χ0) is 28.2. The van der Waals surface area contributed by atoms with Gasteiger partial charge in [0.15, 0.2) is 17.3 Å². The number of anilines is 1. The van der Waals surface area contributed by atoms with E-state index < -0.39 is 16.0 Å². The minimum atomic E-state index is -4.02. The second kappa shape index (κ2) is 11.6. The number of ketones is 1. The van der Waals surface area contributed by atoms with E-state index in [1.165, 1.54) is 50.8 Å². The number of carbonyl (C=O) groups is 2. The van der Waals surface area contributed by atoms with Crippen LogP contribution < -0.4 is 18.5 Å². The molecule has 1 aliphatic rings. The highest BCUT2D eigenvalue weighted by Gasteiger charge is 2.34. The quantitative estimate of drug-likeness (QED) is 0.207. The van der Waals surface area contributed by atoms with E-state index in [-0.39, 0.29) is 28.8 Å². The summed E-state index contributed by atoms with van der Waals surface area (Å²) in [6, 6.07) is 15.2. The lowest BCUT2D eigenvalue weighted by atomic mass is 10.1. The zero-order valence-electron chi connectivity index (χ0n) is 22.1. The molecule has 39 heavy (non-hydrogen) atoms. The van der Waals surface area contributed by atoms with E-state index in [1.807, 2.05) is 12.1 Å². The summed E-state index contributed by atoms with van der Waals surface area (Å²) in [4.78, 5) is 24.1. The van der Waals surface area contributed by atoms with Crippen LogP contribution in [0.2, 0.25) is 0 Å². The van der Waals surface area contributed by atoms with Gasteiger partial charge in [0.05, 0.1) is 27.0 Å². The van der Waals surface area contributed by atoms with E-state index in [9.17, 15) is 18.0 Å². The number of ether oxygens (including phenoxy) is 4. The number of esters is 1. The number of para-hydroxylation sites is 1. The Morgan fingerprint density at radius 2 is 1.69 bits per heavy atom. The highest BCUT2D eigenvalue weighted by molar-refractivity contribution is 7.93. The van der Waals surface area contributed by atoms with Crippen molar-refractivity contribution in [2.75, 3.05) is 32.2 Å². The SMILES string of the molecule is COc1ccc(C(C)=O)cc1COC(=O)C=Cc1cc(OC)c(OC)c(S(=O)(=O)N2CCc3ccccc32)c1. The molecule has 0 fully saturated rings. The number of benzene rings is 3. The Kier molecular flexibility index (Phi) is 8.25. The second-order valence-electron chi connectivity index (χ2n) is 8.73. The molecule has 0 spiro atoms. The van der Waals surface area contributed by atoms with E-state index in [2.05, 4.69) is 0 Å². The van der Waals surface area contributed by atoms with Crippen LogP contribution >= 0.6 is 0 Å². The summed E-state index contributed by atoms with van der Waals surface area (Å²) in [7, 11) is 0.245. The summed E-state index contributed by atoms with van der Waals surface area (Å²) in [6.07, 6.45) is 3.22. The predicted octanol–water partition coefficient (Wildman–Crippen LogP) is 4.42. The van der Waals surface area contributed by atoms with Crippen LogP contribution in [-0.2, 0) is 32.6 Å². The van der Waals surface area contributed by atoms with Gasteiger partial charge in [0.1, 0.15) is 17.3 Å². The van der Waals surface area contributed by atoms with Crippen LogP contribution in [0.4, 0.5) is 5.69 Å². The molecular weight excluding hydrogens is 522 g/mol. The van der Waals surface area contributed by atoms with E-state index in [1.54, 1.807) is 36.4 Å². The maximum atomic E-state index is 13.8. The van der Waals surface area contributed by atoms with Crippen molar-refractivity contribution in [3.05, 3.63) is 82.9 Å². The monoisotopic (exact) mass is 551 g/mol.